The Kier molecular flexibility index (Phi) is 3.54. The summed E-state index contributed by atoms with van der Waals surface area (Å²) in [5, 5.41) is -0.0811. The minimum absolute atomic E-state index is 0.0811. The van der Waals surface area contributed by atoms with Crippen molar-refractivity contribution >= 4 is 36.2 Å². The van der Waals surface area contributed by atoms with Gasteiger partial charge in [-0.25, -0.2) is 0 Å². The van der Waals surface area contributed by atoms with Gasteiger partial charge in [-0.05, 0) is 0 Å². The SMILES string of the molecule is CC(C)(C)[B]C(=O)OI. The van der Waals surface area contributed by atoms with Gasteiger partial charge in [0.05, 0.1) is 0 Å². The zero-order valence-corrected chi connectivity index (χ0v) is 7.93. The maximum atomic E-state index is 10.5. The molecule has 0 aromatic rings. The third kappa shape index (κ3) is 6.15. The first-order valence-corrected chi connectivity index (χ1v) is 3.52. The Morgan fingerprint density at radius 2 is 2.00 bits per heavy atom. The zero-order valence-electron chi connectivity index (χ0n) is 5.77. The Morgan fingerprint density at radius 1 is 1.56 bits per heavy atom. The number of carbonyl (C=O) groups is 1. The van der Waals surface area contributed by atoms with Crippen molar-refractivity contribution in [2.24, 2.45) is 0 Å². The molecule has 0 spiro atoms. The van der Waals surface area contributed by atoms with Gasteiger partial charge in [0.25, 0.3) is 13.1 Å². The summed E-state index contributed by atoms with van der Waals surface area (Å²) in [5.41, 5.74) is 0. The van der Waals surface area contributed by atoms with Gasteiger partial charge in [0.1, 0.15) is 0 Å². The predicted octanol–water partition coefficient (Wildman–Crippen LogP) is 2.40. The van der Waals surface area contributed by atoms with E-state index in [4.69, 9.17) is 0 Å². The summed E-state index contributed by atoms with van der Waals surface area (Å²) in [6, 6.07) is 0. The van der Waals surface area contributed by atoms with Crippen LogP contribution in [0.15, 0.2) is 0 Å². The molecule has 51 valence electrons. The van der Waals surface area contributed by atoms with E-state index in [1.54, 1.807) is 30.3 Å². The van der Waals surface area contributed by atoms with Gasteiger partial charge in [-0.15, -0.1) is 0 Å². The predicted molar refractivity (Wildman–Crippen MR) is 46.0 cm³/mol. The van der Waals surface area contributed by atoms with E-state index in [0.29, 0.717) is 0 Å². The van der Waals surface area contributed by atoms with Crippen LogP contribution >= 0.6 is 23.0 Å². The molecule has 0 rings (SSSR count). The normalized spacial score (nSPS) is 10.7. The first-order valence-electron chi connectivity index (χ1n) is 2.64. The number of rotatable bonds is 1. The second-order valence-corrected chi connectivity index (χ2v) is 3.35. The van der Waals surface area contributed by atoms with Crippen LogP contribution in [0.25, 0.3) is 0 Å². The molecule has 0 heterocycles. The Balaban J connectivity index is 3.60. The van der Waals surface area contributed by atoms with Crippen molar-refractivity contribution in [3.63, 3.8) is 0 Å². The van der Waals surface area contributed by atoms with E-state index in [2.05, 4.69) is 3.07 Å². The third-order valence-corrected chi connectivity index (χ3v) is 1.06. The molecular weight excluding hydrogens is 230 g/mol. The van der Waals surface area contributed by atoms with Crippen LogP contribution in [0.5, 0.6) is 0 Å². The topological polar surface area (TPSA) is 26.3 Å². The second kappa shape index (κ2) is 3.44. The number of carbonyl (C=O) groups excluding carboxylic acids is 1. The molecule has 0 aromatic heterocycles. The van der Waals surface area contributed by atoms with E-state index < -0.39 is 0 Å². The van der Waals surface area contributed by atoms with Gasteiger partial charge in [-0.1, -0.05) is 26.1 Å². The van der Waals surface area contributed by atoms with Crippen molar-refractivity contribution in [3.8, 4) is 0 Å². The van der Waals surface area contributed by atoms with Crippen LogP contribution in [-0.2, 0) is 3.07 Å². The summed E-state index contributed by atoms with van der Waals surface area (Å²) < 4.78 is 4.40. The fraction of sp³-hybridized carbons (Fsp3) is 0.800. The van der Waals surface area contributed by atoms with E-state index >= 15 is 0 Å². The van der Waals surface area contributed by atoms with Gasteiger partial charge >= 0.3 is 0 Å². The lowest BCUT2D eigenvalue weighted by Crippen LogP contribution is -2.17. The van der Waals surface area contributed by atoms with Gasteiger partial charge in [-0.2, -0.15) is 0 Å². The van der Waals surface area contributed by atoms with Gasteiger partial charge in [0.2, 0.25) is 0 Å². The molecule has 0 atom stereocenters. The average Bonchev–Trinajstić information content (AvgIpc) is 1.62. The average molecular weight is 239 g/mol. The van der Waals surface area contributed by atoms with Crippen LogP contribution in [-0.4, -0.2) is 13.1 Å². The molecule has 2 nitrogen and oxygen atoms in total. The second-order valence-electron chi connectivity index (χ2n) is 2.91. The lowest BCUT2D eigenvalue weighted by molar-refractivity contribution is 0.237. The lowest BCUT2D eigenvalue weighted by atomic mass is 9.55. The van der Waals surface area contributed by atoms with E-state index in [0.717, 1.165) is 0 Å². The van der Waals surface area contributed by atoms with Gasteiger partial charge in [-0.3, -0.25) is 4.79 Å². The summed E-state index contributed by atoms with van der Waals surface area (Å²) in [6.45, 7) is 5.84. The van der Waals surface area contributed by atoms with Gasteiger partial charge in [0.15, 0.2) is 23.0 Å². The monoisotopic (exact) mass is 239 g/mol. The molecule has 0 aliphatic heterocycles. The molecule has 4 heteroatoms. The van der Waals surface area contributed by atoms with Crippen LogP contribution in [0.1, 0.15) is 20.8 Å². The fourth-order valence-corrected chi connectivity index (χ4v) is 0.503. The Morgan fingerprint density at radius 3 is 2.11 bits per heavy atom. The Bertz CT molecular complexity index is 108. The Hall–Kier alpha value is 0.265. The van der Waals surface area contributed by atoms with Crippen molar-refractivity contribution in [2.75, 3.05) is 0 Å². The maximum absolute atomic E-state index is 10.5. The molecular formula is C5H9BIO2. The van der Waals surface area contributed by atoms with E-state index in [9.17, 15) is 4.79 Å². The first-order chi connectivity index (χ1) is 3.95. The minimum Gasteiger partial charge on any atom is -0.404 e. The summed E-state index contributed by atoms with van der Waals surface area (Å²) in [4.78, 5) is 10.5. The highest BCUT2D eigenvalue weighted by molar-refractivity contribution is 14.1. The molecule has 1 radical (unpaired) electrons. The fourth-order valence-electron chi connectivity index (χ4n) is 0.376. The molecule has 0 saturated carbocycles. The van der Waals surface area contributed by atoms with E-state index in [1.807, 2.05) is 20.8 Å². The van der Waals surface area contributed by atoms with Crippen molar-refractivity contribution in [2.45, 2.75) is 26.1 Å². The molecule has 0 bridgehead atoms. The molecule has 0 fully saturated rings. The third-order valence-electron chi connectivity index (χ3n) is 0.627. The lowest BCUT2D eigenvalue weighted by Gasteiger charge is -2.12. The van der Waals surface area contributed by atoms with Gasteiger partial charge < -0.3 is 3.07 Å². The molecule has 0 amide bonds. The number of hydrogen-bond donors (Lipinski definition) is 0. The highest BCUT2D eigenvalue weighted by atomic mass is 127. The van der Waals surface area contributed by atoms with Crippen LogP contribution in [0.3, 0.4) is 0 Å². The quantitative estimate of drug-likeness (QED) is 0.518. The van der Waals surface area contributed by atoms with Crippen LogP contribution in [0.4, 0.5) is 4.79 Å². The molecule has 0 aliphatic carbocycles. The maximum Gasteiger partial charge on any atom is 0.268 e. The van der Waals surface area contributed by atoms with Crippen molar-refractivity contribution in [3.05, 3.63) is 0 Å². The van der Waals surface area contributed by atoms with Crippen LogP contribution in [0, 0.1) is 0 Å². The number of halogens is 1. The minimum atomic E-state index is -0.275. The number of hydrogen-bond acceptors (Lipinski definition) is 2. The largest absolute Gasteiger partial charge is 0.404 e. The van der Waals surface area contributed by atoms with Crippen LogP contribution in [0.2, 0.25) is 5.31 Å². The summed E-state index contributed by atoms with van der Waals surface area (Å²) in [7, 11) is 1.54. The zero-order chi connectivity index (χ0) is 7.49. The van der Waals surface area contributed by atoms with Crippen molar-refractivity contribution < 1.29 is 7.86 Å². The molecule has 0 aliphatic rings. The highest BCUT2D eigenvalue weighted by Crippen LogP contribution is 2.20. The smallest absolute Gasteiger partial charge is 0.268 e. The first kappa shape index (κ1) is 9.26. The standard InChI is InChI=1S/C5H9BIO2/c1-5(2,3)6-4(8)9-7/h1-3H3. The van der Waals surface area contributed by atoms with Gasteiger partial charge in [0, 0.05) is 0 Å². The molecule has 0 aromatic carbocycles. The Labute approximate surface area is 70.3 Å². The van der Waals surface area contributed by atoms with E-state index in [-0.39, 0.29) is 11.2 Å². The highest BCUT2D eigenvalue weighted by Gasteiger charge is 2.19. The summed E-state index contributed by atoms with van der Waals surface area (Å²) in [5.74, 6) is -0.275. The summed E-state index contributed by atoms with van der Waals surface area (Å²) in [6.07, 6.45) is 0. The van der Waals surface area contributed by atoms with Crippen LogP contribution < -0.4 is 0 Å². The molecule has 0 unspecified atom stereocenters. The molecule has 9 heavy (non-hydrogen) atoms. The molecule has 0 saturated heterocycles. The van der Waals surface area contributed by atoms with Crippen molar-refractivity contribution in [1.29, 1.82) is 0 Å². The van der Waals surface area contributed by atoms with E-state index in [1.165, 1.54) is 0 Å². The summed E-state index contributed by atoms with van der Waals surface area (Å²) >= 11 is 1.57. The van der Waals surface area contributed by atoms with Crippen molar-refractivity contribution in [1.82, 2.24) is 0 Å². The molecule has 0 N–H and O–H groups in total.